The van der Waals surface area contributed by atoms with Gasteiger partial charge in [-0.05, 0) is 24.8 Å². The number of allylic oxidation sites excluding steroid dienone is 1. The Morgan fingerprint density at radius 2 is 2.55 bits per heavy atom. The first kappa shape index (κ1) is 8.50. The number of thiophene rings is 1. The van der Waals surface area contributed by atoms with E-state index in [0.29, 0.717) is 0 Å². The topological polar surface area (TPSA) is 20.2 Å². The smallest absolute Gasteiger partial charge is 0.0916 e. The second-order valence-corrected chi connectivity index (χ2v) is 3.32. The monoisotopic (exact) mass is 168 g/mol. The molecule has 0 aromatic carbocycles. The highest BCUT2D eigenvalue weighted by Crippen LogP contribution is 2.21. The van der Waals surface area contributed by atoms with Gasteiger partial charge in [-0.1, -0.05) is 18.2 Å². The highest BCUT2D eigenvalue weighted by molar-refractivity contribution is 7.10. The summed E-state index contributed by atoms with van der Waals surface area (Å²) >= 11 is 1.60. The Bertz CT molecular complexity index is 213. The van der Waals surface area contributed by atoms with Gasteiger partial charge in [0, 0.05) is 4.88 Å². The molecule has 0 aliphatic rings. The second kappa shape index (κ2) is 4.31. The summed E-state index contributed by atoms with van der Waals surface area (Å²) in [7, 11) is 0. The molecule has 0 saturated heterocycles. The summed E-state index contributed by atoms with van der Waals surface area (Å²) in [6.45, 7) is 1.96. The molecule has 0 aliphatic heterocycles. The Hall–Kier alpha value is -0.600. The van der Waals surface area contributed by atoms with Crippen LogP contribution < -0.4 is 0 Å². The number of rotatable bonds is 3. The van der Waals surface area contributed by atoms with E-state index in [1.54, 1.807) is 11.3 Å². The lowest BCUT2D eigenvalue weighted by Gasteiger charge is -2.02. The van der Waals surface area contributed by atoms with Crippen LogP contribution in [-0.4, -0.2) is 5.11 Å². The number of hydrogen-bond acceptors (Lipinski definition) is 2. The lowest BCUT2D eigenvalue weighted by molar-refractivity contribution is 0.185. The fraction of sp³-hybridized carbons (Fsp3) is 0.333. The van der Waals surface area contributed by atoms with Crippen molar-refractivity contribution < 1.29 is 5.11 Å². The average molecular weight is 168 g/mol. The van der Waals surface area contributed by atoms with Crippen LogP contribution in [0.4, 0.5) is 0 Å². The Morgan fingerprint density at radius 3 is 3.09 bits per heavy atom. The highest BCUT2D eigenvalue weighted by atomic mass is 32.1. The molecule has 0 amide bonds. The quantitative estimate of drug-likeness (QED) is 0.688. The third-order valence-corrected chi connectivity index (χ3v) is 2.44. The van der Waals surface area contributed by atoms with Crippen molar-refractivity contribution >= 4 is 11.3 Å². The van der Waals surface area contributed by atoms with Gasteiger partial charge < -0.3 is 5.11 Å². The Kier molecular flexibility index (Phi) is 3.33. The standard InChI is InChI=1S/C9H12OS/c1-2-3-5-8(10)9-6-4-7-11-9/h2-4,6-8,10H,5H2,1H3/b3-2-/t8-/m1/s1. The summed E-state index contributed by atoms with van der Waals surface area (Å²) in [6, 6.07) is 3.91. The van der Waals surface area contributed by atoms with Gasteiger partial charge >= 0.3 is 0 Å². The molecule has 1 aromatic rings. The Balaban J connectivity index is 2.49. The molecule has 1 nitrogen and oxygen atoms in total. The molecule has 1 heterocycles. The van der Waals surface area contributed by atoms with Gasteiger partial charge in [-0.15, -0.1) is 11.3 Å². The van der Waals surface area contributed by atoms with Crippen LogP contribution in [0.2, 0.25) is 0 Å². The van der Waals surface area contributed by atoms with Crippen LogP contribution in [0.3, 0.4) is 0 Å². The molecule has 1 N–H and O–H groups in total. The second-order valence-electron chi connectivity index (χ2n) is 2.34. The lowest BCUT2D eigenvalue weighted by Crippen LogP contribution is -1.90. The van der Waals surface area contributed by atoms with E-state index in [-0.39, 0.29) is 6.10 Å². The minimum atomic E-state index is -0.314. The summed E-state index contributed by atoms with van der Waals surface area (Å²) in [5, 5.41) is 11.5. The first-order valence-electron chi connectivity index (χ1n) is 3.67. The molecule has 0 bridgehead atoms. The van der Waals surface area contributed by atoms with E-state index in [0.717, 1.165) is 11.3 Å². The number of hydrogen-bond donors (Lipinski definition) is 1. The third-order valence-electron chi connectivity index (χ3n) is 1.47. The summed E-state index contributed by atoms with van der Waals surface area (Å²) < 4.78 is 0. The summed E-state index contributed by atoms with van der Waals surface area (Å²) in [5.41, 5.74) is 0. The molecule has 1 atom stereocenters. The Morgan fingerprint density at radius 1 is 1.73 bits per heavy atom. The molecular weight excluding hydrogens is 156 g/mol. The van der Waals surface area contributed by atoms with Gasteiger partial charge in [0.2, 0.25) is 0 Å². The maximum atomic E-state index is 9.50. The zero-order chi connectivity index (χ0) is 8.10. The van der Waals surface area contributed by atoms with E-state index in [1.165, 1.54) is 0 Å². The molecule has 0 fully saturated rings. The average Bonchev–Trinajstić information content (AvgIpc) is 2.52. The molecule has 11 heavy (non-hydrogen) atoms. The van der Waals surface area contributed by atoms with Crippen LogP contribution in [0.25, 0.3) is 0 Å². The van der Waals surface area contributed by atoms with Gasteiger partial charge in [0.25, 0.3) is 0 Å². The van der Waals surface area contributed by atoms with E-state index >= 15 is 0 Å². The van der Waals surface area contributed by atoms with Gasteiger partial charge in [-0.25, -0.2) is 0 Å². The van der Waals surface area contributed by atoms with Crippen molar-refractivity contribution in [3.05, 3.63) is 34.5 Å². The highest BCUT2D eigenvalue weighted by Gasteiger charge is 2.04. The summed E-state index contributed by atoms with van der Waals surface area (Å²) in [6.07, 6.45) is 4.34. The summed E-state index contributed by atoms with van der Waals surface area (Å²) in [4.78, 5) is 1.04. The maximum Gasteiger partial charge on any atom is 0.0916 e. The van der Waals surface area contributed by atoms with E-state index in [9.17, 15) is 5.11 Å². The van der Waals surface area contributed by atoms with Crippen molar-refractivity contribution in [2.45, 2.75) is 19.4 Å². The van der Waals surface area contributed by atoms with E-state index in [2.05, 4.69) is 0 Å². The molecule has 2 heteroatoms. The van der Waals surface area contributed by atoms with Crippen molar-refractivity contribution in [1.29, 1.82) is 0 Å². The van der Waals surface area contributed by atoms with E-state index in [1.807, 2.05) is 36.6 Å². The number of aliphatic hydroxyl groups excluding tert-OH is 1. The van der Waals surface area contributed by atoms with Crippen molar-refractivity contribution in [3.63, 3.8) is 0 Å². The molecule has 0 unspecified atom stereocenters. The SMILES string of the molecule is C/C=C\C[C@@H](O)c1cccs1. The van der Waals surface area contributed by atoms with Crippen LogP contribution in [0.5, 0.6) is 0 Å². The fourth-order valence-corrected chi connectivity index (χ4v) is 1.59. The zero-order valence-electron chi connectivity index (χ0n) is 6.53. The molecule has 1 aromatic heterocycles. The van der Waals surface area contributed by atoms with Crippen LogP contribution >= 0.6 is 11.3 Å². The zero-order valence-corrected chi connectivity index (χ0v) is 7.34. The molecule has 0 saturated carbocycles. The van der Waals surface area contributed by atoms with Crippen LogP contribution in [0.1, 0.15) is 24.3 Å². The van der Waals surface area contributed by atoms with Crippen molar-refractivity contribution in [2.24, 2.45) is 0 Å². The molecule has 0 spiro atoms. The number of aliphatic hydroxyl groups is 1. The summed E-state index contributed by atoms with van der Waals surface area (Å²) in [5.74, 6) is 0. The normalized spacial score (nSPS) is 14.0. The van der Waals surface area contributed by atoms with Gasteiger partial charge in [0.1, 0.15) is 0 Å². The predicted molar refractivity (Wildman–Crippen MR) is 48.7 cm³/mol. The molecule has 60 valence electrons. The van der Waals surface area contributed by atoms with Gasteiger partial charge in [-0.3, -0.25) is 0 Å². The minimum Gasteiger partial charge on any atom is -0.387 e. The van der Waals surface area contributed by atoms with E-state index < -0.39 is 0 Å². The van der Waals surface area contributed by atoms with Gasteiger partial charge in [0.05, 0.1) is 6.10 Å². The molecule has 1 rings (SSSR count). The van der Waals surface area contributed by atoms with Gasteiger partial charge in [0.15, 0.2) is 0 Å². The van der Waals surface area contributed by atoms with Crippen molar-refractivity contribution in [1.82, 2.24) is 0 Å². The minimum absolute atomic E-state index is 0.314. The Labute approximate surface area is 71.0 Å². The van der Waals surface area contributed by atoms with Gasteiger partial charge in [-0.2, -0.15) is 0 Å². The van der Waals surface area contributed by atoms with Crippen LogP contribution in [0, 0.1) is 0 Å². The molecular formula is C9H12OS. The third kappa shape index (κ3) is 2.48. The predicted octanol–water partition coefficient (Wildman–Crippen LogP) is 2.75. The van der Waals surface area contributed by atoms with E-state index in [4.69, 9.17) is 0 Å². The lowest BCUT2D eigenvalue weighted by atomic mass is 10.2. The first-order chi connectivity index (χ1) is 5.34. The van der Waals surface area contributed by atoms with Crippen molar-refractivity contribution in [3.8, 4) is 0 Å². The van der Waals surface area contributed by atoms with Crippen molar-refractivity contribution in [2.75, 3.05) is 0 Å². The largest absolute Gasteiger partial charge is 0.387 e. The molecule has 0 radical (unpaired) electrons. The first-order valence-corrected chi connectivity index (χ1v) is 4.55. The van der Waals surface area contributed by atoms with Crippen LogP contribution in [0.15, 0.2) is 29.7 Å². The van der Waals surface area contributed by atoms with Crippen LogP contribution in [-0.2, 0) is 0 Å². The maximum absolute atomic E-state index is 9.50. The molecule has 0 aliphatic carbocycles. The fourth-order valence-electron chi connectivity index (χ4n) is 0.862.